The summed E-state index contributed by atoms with van der Waals surface area (Å²) >= 11 is 0. The normalized spacial score (nSPS) is 10.8. The molecule has 0 aliphatic carbocycles. The van der Waals surface area contributed by atoms with Crippen molar-refractivity contribution in [1.29, 1.82) is 0 Å². The molecular formula is C16H20N2O5. The van der Waals surface area contributed by atoms with E-state index in [0.717, 1.165) is 0 Å². The van der Waals surface area contributed by atoms with Crippen molar-refractivity contribution in [3.63, 3.8) is 0 Å². The third-order valence-corrected chi connectivity index (χ3v) is 3.25. The number of nitrogens with zero attached hydrogens (tertiary/aromatic N) is 1. The lowest BCUT2D eigenvalue weighted by Gasteiger charge is -2.14. The summed E-state index contributed by atoms with van der Waals surface area (Å²) in [5.74, 6) is 1.24. The van der Waals surface area contributed by atoms with Crippen LogP contribution in [0.2, 0.25) is 0 Å². The molecule has 0 atom stereocenters. The van der Waals surface area contributed by atoms with E-state index in [9.17, 15) is 9.59 Å². The van der Waals surface area contributed by atoms with Gasteiger partial charge in [0.05, 0.1) is 33.0 Å². The molecule has 124 valence electrons. The van der Waals surface area contributed by atoms with E-state index in [2.05, 4.69) is 10.1 Å². The van der Waals surface area contributed by atoms with Crippen LogP contribution in [0.25, 0.3) is 0 Å². The Morgan fingerprint density at radius 3 is 2.78 bits per heavy atom. The van der Waals surface area contributed by atoms with Crippen LogP contribution >= 0.6 is 0 Å². The summed E-state index contributed by atoms with van der Waals surface area (Å²) in [7, 11) is 3.12. The molecule has 0 fully saturated rings. The Hall–Kier alpha value is -2.54. The van der Waals surface area contributed by atoms with Gasteiger partial charge in [0.2, 0.25) is 5.91 Å². The molecule has 1 amide bonds. The van der Waals surface area contributed by atoms with Crippen molar-refractivity contribution < 1.29 is 23.2 Å². The highest BCUT2D eigenvalue weighted by Crippen LogP contribution is 2.16. The first-order valence-electron chi connectivity index (χ1n) is 7.15. The average Bonchev–Trinajstić information content (AvgIpc) is 3.14. The van der Waals surface area contributed by atoms with E-state index < -0.39 is 5.97 Å². The highest BCUT2D eigenvalue weighted by molar-refractivity contribution is 5.90. The summed E-state index contributed by atoms with van der Waals surface area (Å²) in [5.41, 5.74) is 0.401. The number of nitrogens with one attached hydrogen (secondary N) is 1. The van der Waals surface area contributed by atoms with E-state index >= 15 is 0 Å². The third kappa shape index (κ3) is 4.72. The van der Waals surface area contributed by atoms with Gasteiger partial charge in [-0.15, -0.1) is 0 Å². The minimum Gasteiger partial charge on any atom is -0.467 e. The van der Waals surface area contributed by atoms with Crippen molar-refractivity contribution in [3.8, 4) is 0 Å². The molecule has 0 saturated heterocycles. The zero-order chi connectivity index (χ0) is 16.8. The Morgan fingerprint density at radius 2 is 2.13 bits per heavy atom. The van der Waals surface area contributed by atoms with Gasteiger partial charge >= 0.3 is 5.97 Å². The van der Waals surface area contributed by atoms with Gasteiger partial charge in [-0.1, -0.05) is 0 Å². The number of esters is 1. The van der Waals surface area contributed by atoms with Gasteiger partial charge in [0.25, 0.3) is 0 Å². The molecule has 0 saturated carbocycles. The largest absolute Gasteiger partial charge is 0.467 e. The number of hydrogen-bond acceptors (Lipinski definition) is 6. The zero-order valence-electron chi connectivity index (χ0n) is 13.4. The minimum absolute atomic E-state index is 0.125. The van der Waals surface area contributed by atoms with Crippen LogP contribution in [0.5, 0.6) is 0 Å². The third-order valence-electron chi connectivity index (χ3n) is 3.25. The van der Waals surface area contributed by atoms with Crippen molar-refractivity contribution in [3.05, 3.63) is 47.3 Å². The fraction of sp³-hybridized carbons (Fsp3) is 0.375. The van der Waals surface area contributed by atoms with Crippen LogP contribution in [0.3, 0.4) is 0 Å². The lowest BCUT2D eigenvalue weighted by molar-refractivity contribution is -0.122. The molecule has 0 aromatic carbocycles. The summed E-state index contributed by atoms with van der Waals surface area (Å²) in [6.45, 7) is 2.66. The summed E-state index contributed by atoms with van der Waals surface area (Å²) in [6.07, 6.45) is 1.56. The number of furan rings is 2. The van der Waals surface area contributed by atoms with E-state index in [0.29, 0.717) is 35.9 Å². The van der Waals surface area contributed by atoms with Crippen molar-refractivity contribution >= 4 is 11.9 Å². The number of amides is 1. The Kier molecular flexibility index (Phi) is 5.59. The molecule has 7 heteroatoms. The monoisotopic (exact) mass is 320 g/mol. The Morgan fingerprint density at radius 1 is 1.35 bits per heavy atom. The summed E-state index contributed by atoms with van der Waals surface area (Å²) in [5, 5.41) is 2.77. The molecule has 2 aromatic rings. The van der Waals surface area contributed by atoms with E-state index in [1.165, 1.54) is 7.11 Å². The second-order valence-electron chi connectivity index (χ2n) is 5.20. The first-order chi connectivity index (χ1) is 11.0. The number of methoxy groups -OCH3 is 1. The maximum atomic E-state index is 11.9. The van der Waals surface area contributed by atoms with E-state index in [1.54, 1.807) is 43.3 Å². The van der Waals surface area contributed by atoms with Crippen molar-refractivity contribution in [2.45, 2.75) is 20.0 Å². The summed E-state index contributed by atoms with van der Waals surface area (Å²) in [4.78, 5) is 25.2. The topological polar surface area (TPSA) is 84.9 Å². The van der Waals surface area contributed by atoms with Crippen LogP contribution in [0.1, 0.15) is 27.6 Å². The molecule has 0 spiro atoms. The molecule has 0 aliphatic rings. The number of likely N-dealkylation sites (N-methyl/N-ethyl adjacent to an activating group) is 1. The van der Waals surface area contributed by atoms with Crippen molar-refractivity contribution in [1.82, 2.24) is 10.2 Å². The fourth-order valence-electron chi connectivity index (χ4n) is 2.16. The molecule has 2 aromatic heterocycles. The molecule has 0 unspecified atom stereocenters. The maximum Gasteiger partial charge on any atom is 0.341 e. The van der Waals surface area contributed by atoms with Gasteiger partial charge in [0.1, 0.15) is 22.8 Å². The summed E-state index contributed by atoms with van der Waals surface area (Å²) in [6, 6.07) is 5.20. The Bertz CT molecular complexity index is 660. The van der Waals surface area contributed by atoms with Gasteiger partial charge in [0.15, 0.2) is 0 Å². The second kappa shape index (κ2) is 7.64. The number of ether oxygens (including phenoxy) is 1. The molecule has 2 rings (SSSR count). The lowest BCUT2D eigenvalue weighted by Crippen LogP contribution is -2.34. The second-order valence-corrected chi connectivity index (χ2v) is 5.20. The highest BCUT2D eigenvalue weighted by atomic mass is 16.5. The molecule has 2 heterocycles. The average molecular weight is 320 g/mol. The molecule has 1 N–H and O–H groups in total. The van der Waals surface area contributed by atoms with Gasteiger partial charge in [-0.25, -0.2) is 4.79 Å². The van der Waals surface area contributed by atoms with Crippen LogP contribution in [0, 0.1) is 6.92 Å². The smallest absolute Gasteiger partial charge is 0.341 e. The zero-order valence-corrected chi connectivity index (χ0v) is 13.4. The molecule has 7 nitrogen and oxygen atoms in total. The van der Waals surface area contributed by atoms with Gasteiger partial charge in [-0.2, -0.15) is 0 Å². The quantitative estimate of drug-likeness (QED) is 0.782. The minimum atomic E-state index is -0.434. The number of rotatable bonds is 7. The van der Waals surface area contributed by atoms with Crippen molar-refractivity contribution in [2.75, 3.05) is 20.7 Å². The van der Waals surface area contributed by atoms with E-state index in [4.69, 9.17) is 8.83 Å². The number of hydrogen-bond donors (Lipinski definition) is 1. The molecule has 0 radical (unpaired) electrons. The van der Waals surface area contributed by atoms with Gasteiger partial charge in [0, 0.05) is 0 Å². The fourth-order valence-corrected chi connectivity index (χ4v) is 2.16. The van der Waals surface area contributed by atoms with Gasteiger partial charge < -0.3 is 18.9 Å². The van der Waals surface area contributed by atoms with Crippen LogP contribution in [0.4, 0.5) is 0 Å². The van der Waals surface area contributed by atoms with Crippen LogP contribution < -0.4 is 5.32 Å². The standard InChI is InChI=1S/C16H20N2O5/c1-11-14(16(20)21-3)7-13(23-11)9-18(2)10-15(19)17-8-12-5-4-6-22-12/h4-7H,8-10H2,1-3H3,(H,17,19). The molecule has 0 aliphatic heterocycles. The molecule has 23 heavy (non-hydrogen) atoms. The molecular weight excluding hydrogens is 300 g/mol. The first kappa shape index (κ1) is 16.8. The predicted molar refractivity (Wildman–Crippen MR) is 81.7 cm³/mol. The van der Waals surface area contributed by atoms with Crippen molar-refractivity contribution in [2.24, 2.45) is 0 Å². The van der Waals surface area contributed by atoms with Crippen LogP contribution in [-0.4, -0.2) is 37.5 Å². The van der Waals surface area contributed by atoms with Gasteiger partial charge in [-0.05, 0) is 32.2 Å². The first-order valence-corrected chi connectivity index (χ1v) is 7.15. The van der Waals surface area contributed by atoms with Crippen LogP contribution in [-0.2, 0) is 22.6 Å². The lowest BCUT2D eigenvalue weighted by atomic mass is 10.2. The highest BCUT2D eigenvalue weighted by Gasteiger charge is 2.17. The Labute approximate surface area is 134 Å². The van der Waals surface area contributed by atoms with Crippen LogP contribution in [0.15, 0.2) is 33.3 Å². The van der Waals surface area contributed by atoms with Gasteiger partial charge in [-0.3, -0.25) is 9.69 Å². The maximum absolute atomic E-state index is 11.9. The predicted octanol–water partition coefficient (Wildman–Crippen LogP) is 1.72. The Balaban J connectivity index is 1.83. The summed E-state index contributed by atoms with van der Waals surface area (Å²) < 4.78 is 15.3. The van der Waals surface area contributed by atoms with E-state index in [1.807, 2.05) is 0 Å². The number of carbonyl (C=O) groups excluding carboxylic acids is 2. The number of carbonyl (C=O) groups is 2. The molecule has 0 bridgehead atoms. The SMILES string of the molecule is COC(=O)c1cc(CN(C)CC(=O)NCc2ccco2)oc1C. The van der Waals surface area contributed by atoms with E-state index in [-0.39, 0.29) is 12.5 Å². The number of aryl methyl sites for hydroxylation is 1.